The zero-order chi connectivity index (χ0) is 27.4. The SMILES string of the molecule is Cc1cccc(C)c1NC(NC(C)C)=[NH+]C(C)C.Cc1cccc(C)c1NC(NC(C)C)=[NH+]C(C)C.[Cl-].[Cl-]. The standard InChI is InChI=1S/2C15H25N3.2ClH/c2*1-10(2)16-15(17-11(3)4)18-14-12(5)8-7-9-13(14)6;;/h2*7-11H,1-6H3,(H2,16,17,18);2*1H. The van der Waals surface area contributed by atoms with Gasteiger partial charge in [0.15, 0.2) is 0 Å². The largest absolute Gasteiger partial charge is 1.00 e. The minimum absolute atomic E-state index is 0. The van der Waals surface area contributed by atoms with Crippen LogP contribution < -0.4 is 56.1 Å². The van der Waals surface area contributed by atoms with Crippen LogP contribution in [0.3, 0.4) is 0 Å². The van der Waals surface area contributed by atoms with Crippen molar-refractivity contribution < 1.29 is 34.8 Å². The number of hydrogen-bond acceptors (Lipinski definition) is 0. The first-order chi connectivity index (χ1) is 16.8. The Morgan fingerprint density at radius 2 is 0.789 bits per heavy atom. The molecule has 0 heterocycles. The van der Waals surface area contributed by atoms with Crippen LogP contribution in [0.1, 0.15) is 77.6 Å². The molecule has 0 unspecified atom stereocenters. The van der Waals surface area contributed by atoms with Gasteiger partial charge in [0.1, 0.15) is 11.4 Å². The molecular formula is C30H52Cl2N6. The van der Waals surface area contributed by atoms with Crippen LogP contribution in [0.4, 0.5) is 11.4 Å². The van der Waals surface area contributed by atoms with E-state index in [0.717, 1.165) is 11.9 Å². The van der Waals surface area contributed by atoms with E-state index in [2.05, 4.69) is 151 Å². The van der Waals surface area contributed by atoms with Crippen LogP contribution in [0.25, 0.3) is 0 Å². The van der Waals surface area contributed by atoms with Crippen LogP contribution in [0.15, 0.2) is 36.4 Å². The van der Waals surface area contributed by atoms with Crippen molar-refractivity contribution in [3.63, 3.8) is 0 Å². The van der Waals surface area contributed by atoms with Crippen molar-refractivity contribution in [2.45, 2.75) is 107 Å². The van der Waals surface area contributed by atoms with E-state index >= 15 is 0 Å². The number of benzene rings is 2. The number of anilines is 2. The first kappa shape index (κ1) is 37.7. The summed E-state index contributed by atoms with van der Waals surface area (Å²) in [6, 6.07) is 14.2. The smallest absolute Gasteiger partial charge is 0.348 e. The Morgan fingerprint density at radius 3 is 1.00 bits per heavy atom. The third-order valence-electron chi connectivity index (χ3n) is 5.19. The van der Waals surface area contributed by atoms with Gasteiger partial charge >= 0.3 is 11.9 Å². The lowest BCUT2D eigenvalue weighted by Crippen LogP contribution is -3.00. The third-order valence-corrected chi connectivity index (χ3v) is 5.19. The van der Waals surface area contributed by atoms with Crippen molar-refractivity contribution in [2.75, 3.05) is 10.6 Å². The van der Waals surface area contributed by atoms with Crippen LogP contribution in [-0.2, 0) is 0 Å². The van der Waals surface area contributed by atoms with Gasteiger partial charge in [-0.05, 0) is 105 Å². The lowest BCUT2D eigenvalue weighted by molar-refractivity contribution is -0.496. The Morgan fingerprint density at radius 1 is 0.526 bits per heavy atom. The maximum absolute atomic E-state index is 3.47. The summed E-state index contributed by atoms with van der Waals surface area (Å²) >= 11 is 0. The average molecular weight is 568 g/mol. The molecule has 0 aromatic heterocycles. The van der Waals surface area contributed by atoms with Crippen molar-refractivity contribution in [3.05, 3.63) is 58.7 Å². The van der Waals surface area contributed by atoms with E-state index in [9.17, 15) is 0 Å². The number of halogens is 2. The fraction of sp³-hybridized carbons (Fsp3) is 0.533. The van der Waals surface area contributed by atoms with E-state index in [1.54, 1.807) is 0 Å². The van der Waals surface area contributed by atoms with Gasteiger partial charge in [-0.1, -0.05) is 36.4 Å². The highest BCUT2D eigenvalue weighted by atomic mass is 35.5. The van der Waals surface area contributed by atoms with Crippen molar-refractivity contribution in [1.82, 2.24) is 10.6 Å². The molecule has 0 spiro atoms. The summed E-state index contributed by atoms with van der Waals surface area (Å²) in [5, 5.41) is 13.8. The zero-order valence-electron chi connectivity index (χ0n) is 25.5. The van der Waals surface area contributed by atoms with Crippen LogP contribution in [0.5, 0.6) is 0 Å². The summed E-state index contributed by atoms with van der Waals surface area (Å²) in [5.74, 6) is 1.94. The lowest BCUT2D eigenvalue weighted by atomic mass is 10.1. The molecule has 2 rings (SSSR count). The van der Waals surface area contributed by atoms with Gasteiger partial charge in [-0.15, -0.1) is 0 Å². The van der Waals surface area contributed by atoms with E-state index < -0.39 is 0 Å². The summed E-state index contributed by atoms with van der Waals surface area (Å²) in [6.45, 7) is 25.6. The Balaban J connectivity index is 0. The highest BCUT2D eigenvalue weighted by Gasteiger charge is 2.14. The maximum Gasteiger partial charge on any atom is 0.348 e. The highest BCUT2D eigenvalue weighted by Crippen LogP contribution is 2.19. The minimum atomic E-state index is 0. The molecule has 0 fully saturated rings. The number of para-hydroxylation sites is 2. The van der Waals surface area contributed by atoms with Gasteiger partial charge in [0.2, 0.25) is 0 Å². The molecular weight excluding hydrogens is 515 g/mol. The Labute approximate surface area is 244 Å². The summed E-state index contributed by atoms with van der Waals surface area (Å²) in [6.07, 6.45) is 0. The molecule has 2 aromatic carbocycles. The third kappa shape index (κ3) is 14.5. The predicted octanol–water partition coefficient (Wildman–Crippen LogP) is -2.88. The van der Waals surface area contributed by atoms with Gasteiger partial charge in [-0.3, -0.25) is 20.6 Å². The summed E-state index contributed by atoms with van der Waals surface area (Å²) in [4.78, 5) is 6.82. The van der Waals surface area contributed by atoms with Crippen molar-refractivity contribution in [3.8, 4) is 0 Å². The highest BCUT2D eigenvalue weighted by molar-refractivity contribution is 5.91. The predicted molar refractivity (Wildman–Crippen MR) is 158 cm³/mol. The number of rotatable bonds is 6. The van der Waals surface area contributed by atoms with E-state index in [0.29, 0.717) is 24.2 Å². The summed E-state index contributed by atoms with van der Waals surface area (Å²) < 4.78 is 0. The molecule has 6 N–H and O–H groups in total. The van der Waals surface area contributed by atoms with E-state index in [1.807, 2.05) is 0 Å². The minimum Gasteiger partial charge on any atom is -1.00 e. The molecule has 0 saturated heterocycles. The Kier molecular flexibility index (Phi) is 18.6. The fourth-order valence-electron chi connectivity index (χ4n) is 3.66. The molecule has 6 nitrogen and oxygen atoms in total. The van der Waals surface area contributed by atoms with Gasteiger partial charge in [0.05, 0.1) is 24.2 Å². The second-order valence-corrected chi connectivity index (χ2v) is 10.7. The van der Waals surface area contributed by atoms with Gasteiger partial charge < -0.3 is 24.8 Å². The molecule has 0 aliphatic heterocycles. The number of nitrogens with one attached hydrogen (secondary N) is 6. The molecule has 8 heteroatoms. The van der Waals surface area contributed by atoms with Crippen molar-refractivity contribution >= 4 is 23.3 Å². The van der Waals surface area contributed by atoms with Gasteiger partial charge in [0, 0.05) is 0 Å². The van der Waals surface area contributed by atoms with Gasteiger partial charge in [-0.25, -0.2) is 10.6 Å². The number of aryl methyl sites for hydroxylation is 4. The maximum atomic E-state index is 3.47. The molecule has 0 amide bonds. The number of guanidine groups is 2. The normalized spacial score (nSPS) is 11.5. The molecule has 0 saturated carbocycles. The van der Waals surface area contributed by atoms with Crippen LogP contribution in [-0.4, -0.2) is 36.1 Å². The molecule has 216 valence electrons. The Bertz CT molecular complexity index is 892. The molecule has 0 atom stereocenters. The molecule has 0 aliphatic carbocycles. The van der Waals surface area contributed by atoms with Crippen LogP contribution in [0.2, 0.25) is 0 Å². The molecule has 0 aliphatic rings. The van der Waals surface area contributed by atoms with E-state index in [1.165, 1.54) is 33.6 Å². The lowest BCUT2D eigenvalue weighted by Gasteiger charge is -2.12. The molecule has 2 aromatic rings. The first-order valence-electron chi connectivity index (χ1n) is 13.3. The van der Waals surface area contributed by atoms with Crippen LogP contribution >= 0.6 is 0 Å². The summed E-state index contributed by atoms with van der Waals surface area (Å²) in [5.41, 5.74) is 7.36. The second-order valence-electron chi connectivity index (χ2n) is 10.7. The Hall–Kier alpha value is -2.44. The molecule has 0 bridgehead atoms. The van der Waals surface area contributed by atoms with Gasteiger partial charge in [-0.2, -0.15) is 0 Å². The number of hydrogen-bond donors (Lipinski definition) is 6. The average Bonchev–Trinajstić information content (AvgIpc) is 2.72. The summed E-state index contributed by atoms with van der Waals surface area (Å²) in [7, 11) is 0. The molecule has 38 heavy (non-hydrogen) atoms. The monoisotopic (exact) mass is 566 g/mol. The molecule has 0 radical (unpaired) electrons. The second kappa shape index (κ2) is 18.8. The van der Waals surface area contributed by atoms with Crippen molar-refractivity contribution in [2.24, 2.45) is 0 Å². The van der Waals surface area contributed by atoms with Crippen molar-refractivity contribution in [1.29, 1.82) is 0 Å². The topological polar surface area (TPSA) is 76.1 Å². The first-order valence-corrected chi connectivity index (χ1v) is 13.3. The van der Waals surface area contributed by atoms with E-state index in [-0.39, 0.29) is 24.8 Å². The fourth-order valence-corrected chi connectivity index (χ4v) is 3.66. The zero-order valence-corrected chi connectivity index (χ0v) is 27.0. The van der Waals surface area contributed by atoms with Crippen LogP contribution in [0, 0.1) is 27.7 Å². The van der Waals surface area contributed by atoms with Gasteiger partial charge in [0.25, 0.3) is 0 Å². The quantitative estimate of drug-likeness (QED) is 0.168. The van der Waals surface area contributed by atoms with E-state index in [4.69, 9.17) is 0 Å².